The van der Waals surface area contributed by atoms with E-state index in [-0.39, 0.29) is 5.91 Å². The molecule has 3 nitrogen and oxygen atoms in total. The maximum absolute atomic E-state index is 12.0. The van der Waals surface area contributed by atoms with Crippen LogP contribution in [0.25, 0.3) is 0 Å². The average molecular weight is 205 g/mol. The Morgan fingerprint density at radius 3 is 3.00 bits per heavy atom. The molecule has 0 aromatic heterocycles. The summed E-state index contributed by atoms with van der Waals surface area (Å²) in [6.07, 6.45) is 0. The number of nitrogens with zero attached hydrogens (tertiary/aromatic N) is 1. The van der Waals surface area contributed by atoms with Crippen molar-refractivity contribution in [2.45, 2.75) is 13.8 Å². The normalized spacial score (nSPS) is 15.6. The summed E-state index contributed by atoms with van der Waals surface area (Å²) in [5.41, 5.74) is 1.80. The van der Waals surface area contributed by atoms with Crippen LogP contribution in [-0.2, 0) is 0 Å². The summed E-state index contributed by atoms with van der Waals surface area (Å²) in [5.74, 6) is 0.793. The monoisotopic (exact) mass is 205 g/mol. The predicted octanol–water partition coefficient (Wildman–Crippen LogP) is 1.85. The van der Waals surface area contributed by atoms with Gasteiger partial charge in [0.1, 0.15) is 12.4 Å². The fourth-order valence-electron chi connectivity index (χ4n) is 1.77. The Kier molecular flexibility index (Phi) is 2.62. The molecule has 1 aliphatic rings. The van der Waals surface area contributed by atoms with Crippen LogP contribution < -0.4 is 4.74 Å². The van der Waals surface area contributed by atoms with E-state index in [4.69, 9.17) is 4.74 Å². The first-order valence-corrected chi connectivity index (χ1v) is 5.25. The topological polar surface area (TPSA) is 29.5 Å². The third-order valence-electron chi connectivity index (χ3n) is 2.66. The first-order chi connectivity index (χ1) is 7.22. The van der Waals surface area contributed by atoms with Crippen LogP contribution in [0.3, 0.4) is 0 Å². The minimum absolute atomic E-state index is 0.0741. The number of aryl methyl sites for hydroxylation is 1. The molecule has 0 saturated heterocycles. The van der Waals surface area contributed by atoms with Gasteiger partial charge in [0.05, 0.1) is 12.1 Å². The second-order valence-electron chi connectivity index (χ2n) is 3.73. The molecular formula is C12H15NO2. The summed E-state index contributed by atoms with van der Waals surface area (Å²) in [5, 5.41) is 0. The maximum atomic E-state index is 12.0. The minimum atomic E-state index is 0.0741. The van der Waals surface area contributed by atoms with Crippen LogP contribution in [0, 0.1) is 6.92 Å². The highest BCUT2D eigenvalue weighted by Crippen LogP contribution is 2.24. The van der Waals surface area contributed by atoms with Gasteiger partial charge in [0.15, 0.2) is 0 Å². The van der Waals surface area contributed by atoms with Gasteiger partial charge in [-0.3, -0.25) is 4.79 Å². The Morgan fingerprint density at radius 1 is 1.47 bits per heavy atom. The summed E-state index contributed by atoms with van der Waals surface area (Å²) in [6, 6.07) is 5.71. The molecule has 0 fully saturated rings. The highest BCUT2D eigenvalue weighted by Gasteiger charge is 2.21. The summed E-state index contributed by atoms with van der Waals surface area (Å²) < 4.78 is 5.57. The van der Waals surface area contributed by atoms with E-state index in [2.05, 4.69) is 0 Å². The number of carbonyl (C=O) groups is 1. The quantitative estimate of drug-likeness (QED) is 0.700. The highest BCUT2D eigenvalue weighted by atomic mass is 16.5. The van der Waals surface area contributed by atoms with Gasteiger partial charge in [-0.1, -0.05) is 6.07 Å². The first-order valence-electron chi connectivity index (χ1n) is 5.25. The number of ether oxygens (including phenoxy) is 1. The fourth-order valence-corrected chi connectivity index (χ4v) is 1.77. The SMILES string of the molecule is CCN1CCOc2cc(C)ccc2C1=O. The number of hydrogen-bond acceptors (Lipinski definition) is 2. The van der Waals surface area contributed by atoms with Gasteiger partial charge in [0.2, 0.25) is 0 Å². The molecule has 0 unspecified atom stereocenters. The molecule has 1 heterocycles. The largest absolute Gasteiger partial charge is 0.491 e. The molecule has 0 saturated carbocycles. The van der Waals surface area contributed by atoms with Gasteiger partial charge < -0.3 is 9.64 Å². The lowest BCUT2D eigenvalue weighted by Crippen LogP contribution is -2.31. The molecule has 0 N–H and O–H groups in total. The lowest BCUT2D eigenvalue weighted by atomic mass is 10.1. The van der Waals surface area contributed by atoms with Gasteiger partial charge in [-0.25, -0.2) is 0 Å². The lowest BCUT2D eigenvalue weighted by molar-refractivity contribution is 0.0765. The Balaban J connectivity index is 2.42. The van der Waals surface area contributed by atoms with E-state index in [0.717, 1.165) is 17.9 Å². The van der Waals surface area contributed by atoms with Crippen molar-refractivity contribution in [1.82, 2.24) is 4.90 Å². The van der Waals surface area contributed by atoms with E-state index in [1.165, 1.54) is 0 Å². The number of hydrogen-bond donors (Lipinski definition) is 0. The number of likely N-dealkylation sites (N-methyl/N-ethyl adjacent to an activating group) is 1. The van der Waals surface area contributed by atoms with E-state index in [9.17, 15) is 4.79 Å². The van der Waals surface area contributed by atoms with Crippen molar-refractivity contribution >= 4 is 5.91 Å². The lowest BCUT2D eigenvalue weighted by Gasteiger charge is -2.16. The molecular weight excluding hydrogens is 190 g/mol. The first kappa shape index (κ1) is 10.0. The van der Waals surface area contributed by atoms with Gasteiger partial charge >= 0.3 is 0 Å². The smallest absolute Gasteiger partial charge is 0.257 e. The molecule has 1 aliphatic heterocycles. The van der Waals surface area contributed by atoms with E-state index in [1.807, 2.05) is 32.0 Å². The van der Waals surface area contributed by atoms with Crippen LogP contribution in [-0.4, -0.2) is 30.5 Å². The summed E-state index contributed by atoms with van der Waals surface area (Å²) >= 11 is 0. The summed E-state index contributed by atoms with van der Waals surface area (Å²) in [7, 11) is 0. The van der Waals surface area contributed by atoms with Crippen molar-refractivity contribution in [2.24, 2.45) is 0 Å². The van der Waals surface area contributed by atoms with E-state index < -0.39 is 0 Å². The molecule has 0 radical (unpaired) electrons. The molecule has 0 atom stereocenters. The zero-order chi connectivity index (χ0) is 10.8. The van der Waals surface area contributed by atoms with E-state index in [1.54, 1.807) is 4.90 Å². The van der Waals surface area contributed by atoms with Crippen molar-refractivity contribution < 1.29 is 9.53 Å². The highest BCUT2D eigenvalue weighted by molar-refractivity contribution is 5.97. The molecule has 80 valence electrons. The molecule has 3 heteroatoms. The molecule has 1 amide bonds. The van der Waals surface area contributed by atoms with Crippen LogP contribution >= 0.6 is 0 Å². The molecule has 15 heavy (non-hydrogen) atoms. The van der Waals surface area contributed by atoms with Crippen LogP contribution in [0.15, 0.2) is 18.2 Å². The van der Waals surface area contributed by atoms with Gasteiger partial charge in [-0.2, -0.15) is 0 Å². The Labute approximate surface area is 89.7 Å². The van der Waals surface area contributed by atoms with E-state index in [0.29, 0.717) is 18.7 Å². The third-order valence-corrected chi connectivity index (χ3v) is 2.66. The number of carbonyl (C=O) groups excluding carboxylic acids is 1. The fraction of sp³-hybridized carbons (Fsp3) is 0.417. The third kappa shape index (κ3) is 1.82. The second kappa shape index (κ2) is 3.93. The minimum Gasteiger partial charge on any atom is -0.491 e. The van der Waals surface area contributed by atoms with Gasteiger partial charge in [0.25, 0.3) is 5.91 Å². The molecule has 1 aromatic carbocycles. The molecule has 1 aromatic rings. The Morgan fingerprint density at radius 2 is 2.27 bits per heavy atom. The van der Waals surface area contributed by atoms with Gasteiger partial charge in [0, 0.05) is 6.54 Å². The second-order valence-corrected chi connectivity index (χ2v) is 3.73. The zero-order valence-electron chi connectivity index (χ0n) is 9.12. The zero-order valence-corrected chi connectivity index (χ0v) is 9.12. The standard InChI is InChI=1S/C12H15NO2/c1-3-13-6-7-15-11-8-9(2)4-5-10(11)12(13)14/h4-5,8H,3,6-7H2,1-2H3. The Hall–Kier alpha value is -1.51. The molecule has 0 spiro atoms. The van der Waals surface area contributed by atoms with Crippen molar-refractivity contribution in [3.63, 3.8) is 0 Å². The number of amides is 1. The average Bonchev–Trinajstić information content (AvgIpc) is 2.37. The Bertz CT molecular complexity index is 387. The molecule has 2 rings (SSSR count). The van der Waals surface area contributed by atoms with Crippen LogP contribution in [0.4, 0.5) is 0 Å². The number of benzene rings is 1. The number of rotatable bonds is 1. The van der Waals surface area contributed by atoms with E-state index >= 15 is 0 Å². The van der Waals surface area contributed by atoms with Crippen molar-refractivity contribution in [3.8, 4) is 5.75 Å². The maximum Gasteiger partial charge on any atom is 0.257 e. The number of fused-ring (bicyclic) bond motifs is 1. The molecule has 0 aliphatic carbocycles. The van der Waals surface area contributed by atoms with Crippen LogP contribution in [0.2, 0.25) is 0 Å². The van der Waals surface area contributed by atoms with Crippen molar-refractivity contribution in [2.75, 3.05) is 19.7 Å². The van der Waals surface area contributed by atoms with Crippen molar-refractivity contribution in [3.05, 3.63) is 29.3 Å². The van der Waals surface area contributed by atoms with Gasteiger partial charge in [-0.05, 0) is 31.5 Å². The summed E-state index contributed by atoms with van der Waals surface area (Å²) in [4.78, 5) is 13.8. The van der Waals surface area contributed by atoms with Gasteiger partial charge in [-0.15, -0.1) is 0 Å². The van der Waals surface area contributed by atoms with Crippen LogP contribution in [0.5, 0.6) is 5.75 Å². The molecule has 0 bridgehead atoms. The summed E-state index contributed by atoms with van der Waals surface area (Å²) in [6.45, 7) is 5.96. The van der Waals surface area contributed by atoms with Crippen molar-refractivity contribution in [1.29, 1.82) is 0 Å². The predicted molar refractivity (Wildman–Crippen MR) is 58.3 cm³/mol. The van der Waals surface area contributed by atoms with Crippen LogP contribution in [0.1, 0.15) is 22.8 Å².